The maximum atomic E-state index is 14.6. The normalized spacial score (nSPS) is 20.0. The van der Waals surface area contributed by atoms with Crippen LogP contribution < -0.4 is 10.1 Å². The van der Waals surface area contributed by atoms with Crippen molar-refractivity contribution in [2.45, 2.75) is 116 Å². The quantitative estimate of drug-likeness (QED) is 0.158. The lowest BCUT2D eigenvalue weighted by atomic mass is 9.67. The van der Waals surface area contributed by atoms with E-state index in [1.165, 1.54) is 29.8 Å². The van der Waals surface area contributed by atoms with Crippen molar-refractivity contribution in [2.24, 2.45) is 11.3 Å². The van der Waals surface area contributed by atoms with Crippen LogP contribution in [0.25, 0.3) is 5.65 Å². The molecule has 4 aromatic rings. The van der Waals surface area contributed by atoms with Gasteiger partial charge in [-0.1, -0.05) is 31.5 Å². The molecule has 1 spiro atoms. The Morgan fingerprint density at radius 3 is 2.37 bits per heavy atom. The number of anilines is 1. The van der Waals surface area contributed by atoms with Crippen LogP contribution in [0.1, 0.15) is 105 Å². The predicted octanol–water partition coefficient (Wildman–Crippen LogP) is 7.35. The first-order valence-electron chi connectivity index (χ1n) is 19.7. The standard InChI is InChI=1S/C41H52F3N7O5S/c1-24-11-12-29(33(28(5)39(6,7)38(52)53)31-13-18-51-35(27(31)4)47-48-37(51)41(42,43)44)20-30(24)22-50-23-40(14-15-40)56-36-32(57(50,54)55)19-25(2)34(46-36)45-26(3)21-49-16-9-8-10-17-49/h11-13,18-20,26,28,33H,8-10,14-17,21-23H2,1-7H3,(H,45,46)(H,52,53)/t26-,28?,33+/m0/s1. The molecule has 1 aromatic carbocycles. The number of hydrogen-bond acceptors (Lipinski definition) is 9. The molecule has 2 aliphatic heterocycles. The Labute approximate surface area is 331 Å². The second-order valence-electron chi connectivity index (χ2n) is 17.0. The van der Waals surface area contributed by atoms with E-state index in [4.69, 9.17) is 9.72 Å². The zero-order valence-electron chi connectivity index (χ0n) is 33.6. The lowest BCUT2D eigenvalue weighted by molar-refractivity contribution is -0.150. The van der Waals surface area contributed by atoms with Gasteiger partial charge in [-0.2, -0.15) is 22.5 Å². The van der Waals surface area contributed by atoms with Gasteiger partial charge in [0, 0.05) is 31.2 Å². The Kier molecular flexibility index (Phi) is 10.6. The molecule has 7 rings (SSSR count). The summed E-state index contributed by atoms with van der Waals surface area (Å²) in [6.07, 6.45) is 1.52. The summed E-state index contributed by atoms with van der Waals surface area (Å²) in [6.45, 7) is 15.7. The number of pyridine rings is 2. The van der Waals surface area contributed by atoms with E-state index in [2.05, 4.69) is 27.3 Å². The lowest BCUT2D eigenvalue weighted by Crippen LogP contribution is -2.38. The van der Waals surface area contributed by atoms with Crippen LogP contribution in [0.3, 0.4) is 0 Å². The maximum Gasteiger partial charge on any atom is 0.452 e. The second-order valence-corrected chi connectivity index (χ2v) is 18.9. The van der Waals surface area contributed by atoms with Crippen molar-refractivity contribution in [2.75, 3.05) is 31.5 Å². The average Bonchev–Trinajstić information content (AvgIpc) is 3.75. The summed E-state index contributed by atoms with van der Waals surface area (Å²) >= 11 is 0. The highest BCUT2D eigenvalue weighted by Gasteiger charge is 2.53. The number of aliphatic carboxylic acids is 1. The summed E-state index contributed by atoms with van der Waals surface area (Å²) in [5, 5.41) is 21.1. The van der Waals surface area contributed by atoms with E-state index in [1.807, 2.05) is 39.0 Å². The Bertz CT molecular complexity index is 2300. The first-order valence-corrected chi connectivity index (χ1v) is 21.1. The number of carbonyl (C=O) groups is 1. The first kappa shape index (κ1) is 40.9. The first-order chi connectivity index (χ1) is 26.7. The van der Waals surface area contributed by atoms with Gasteiger partial charge >= 0.3 is 12.1 Å². The third kappa shape index (κ3) is 7.84. The van der Waals surface area contributed by atoms with E-state index in [0.717, 1.165) is 29.6 Å². The summed E-state index contributed by atoms with van der Waals surface area (Å²) in [6, 6.07) is 8.94. The van der Waals surface area contributed by atoms with E-state index < -0.39 is 50.8 Å². The highest BCUT2D eigenvalue weighted by molar-refractivity contribution is 7.89. The van der Waals surface area contributed by atoms with Gasteiger partial charge in [0.15, 0.2) is 5.65 Å². The molecule has 1 unspecified atom stereocenters. The van der Waals surface area contributed by atoms with Crippen LogP contribution in [0.15, 0.2) is 41.4 Å². The van der Waals surface area contributed by atoms with Crippen LogP contribution in [-0.4, -0.2) is 86.1 Å². The third-order valence-corrected chi connectivity index (χ3v) is 14.2. The Morgan fingerprint density at radius 1 is 1.02 bits per heavy atom. The van der Waals surface area contributed by atoms with Gasteiger partial charge in [0.2, 0.25) is 21.7 Å². The number of halogens is 3. The number of aromatic nitrogens is 4. The van der Waals surface area contributed by atoms with Crippen LogP contribution >= 0.6 is 0 Å². The number of carboxylic acids is 1. The molecule has 308 valence electrons. The van der Waals surface area contributed by atoms with Crippen LogP contribution in [0.4, 0.5) is 19.0 Å². The number of carboxylic acid groups (broad SMARTS) is 1. The summed E-state index contributed by atoms with van der Waals surface area (Å²) in [5.74, 6) is -2.69. The number of rotatable bonds is 11. The molecule has 57 heavy (non-hydrogen) atoms. The fraction of sp³-hybridized carbons (Fsp3) is 0.561. The van der Waals surface area contributed by atoms with E-state index in [1.54, 1.807) is 32.9 Å². The Morgan fingerprint density at radius 2 is 1.72 bits per heavy atom. The highest BCUT2D eigenvalue weighted by Crippen LogP contribution is 2.48. The van der Waals surface area contributed by atoms with Gasteiger partial charge in [0.1, 0.15) is 16.3 Å². The second kappa shape index (κ2) is 14.8. The molecule has 0 amide bonds. The van der Waals surface area contributed by atoms with Gasteiger partial charge in [-0.3, -0.25) is 9.20 Å². The van der Waals surface area contributed by atoms with Crippen LogP contribution in [0.5, 0.6) is 5.88 Å². The summed E-state index contributed by atoms with van der Waals surface area (Å²) in [7, 11) is -4.11. The van der Waals surface area contributed by atoms with Crippen molar-refractivity contribution in [1.82, 2.24) is 28.8 Å². The predicted molar refractivity (Wildman–Crippen MR) is 209 cm³/mol. The van der Waals surface area contributed by atoms with Crippen molar-refractivity contribution in [3.8, 4) is 5.88 Å². The summed E-state index contributed by atoms with van der Waals surface area (Å²) in [5.41, 5.74) is 1.96. The third-order valence-electron chi connectivity index (χ3n) is 12.4. The summed E-state index contributed by atoms with van der Waals surface area (Å²) in [4.78, 5) is 19.9. The minimum atomic E-state index is -4.73. The van der Waals surface area contributed by atoms with Crippen molar-refractivity contribution in [1.29, 1.82) is 0 Å². The lowest BCUT2D eigenvalue weighted by Gasteiger charge is -2.36. The van der Waals surface area contributed by atoms with Gasteiger partial charge in [-0.05, 0) is 132 Å². The number of benzene rings is 1. The molecule has 2 fully saturated rings. The molecular formula is C41H52F3N7O5S. The largest absolute Gasteiger partial charge is 0.481 e. The SMILES string of the molecule is Cc1ccc([C@H](c2ccn3c(C(F)(F)F)nnc3c2C)C(C)C(C)(C)C(=O)O)cc1CN1CC2(CC2)Oc2nc(N[C@@H](C)CN3CCCCC3)c(C)cc2S1(=O)=O. The van der Waals surface area contributed by atoms with Gasteiger partial charge in [0.25, 0.3) is 0 Å². The fourth-order valence-electron chi connectivity index (χ4n) is 8.33. The van der Waals surface area contributed by atoms with E-state index in [0.29, 0.717) is 46.5 Å². The number of hydrogen-bond donors (Lipinski definition) is 2. The van der Waals surface area contributed by atoms with Crippen LogP contribution in [0, 0.1) is 32.1 Å². The van der Waals surface area contributed by atoms with E-state index in [9.17, 15) is 31.5 Å². The maximum absolute atomic E-state index is 14.6. The zero-order chi connectivity index (χ0) is 41.2. The molecule has 0 bridgehead atoms. The number of likely N-dealkylation sites (tertiary alicyclic amines) is 1. The number of piperidine rings is 1. The average molecular weight is 812 g/mol. The number of alkyl halides is 3. The van der Waals surface area contributed by atoms with Crippen molar-refractivity contribution in [3.05, 3.63) is 75.7 Å². The molecule has 3 aliphatic rings. The van der Waals surface area contributed by atoms with E-state index >= 15 is 0 Å². The number of fused-ring (bicyclic) bond motifs is 2. The number of ether oxygens (including phenoxy) is 1. The van der Waals surface area contributed by atoms with Crippen LogP contribution in [-0.2, 0) is 27.5 Å². The molecule has 12 nitrogen and oxygen atoms in total. The van der Waals surface area contributed by atoms with Gasteiger partial charge in [-0.15, -0.1) is 10.2 Å². The molecule has 5 heterocycles. The number of nitrogens with one attached hydrogen (secondary N) is 1. The Hall–Kier alpha value is -4.28. The number of sulfonamides is 1. The summed E-state index contributed by atoms with van der Waals surface area (Å²) < 4.78 is 79.4. The molecule has 1 saturated heterocycles. The van der Waals surface area contributed by atoms with Crippen molar-refractivity contribution >= 4 is 27.5 Å². The number of aryl methyl sites for hydroxylation is 3. The molecule has 3 atom stereocenters. The van der Waals surface area contributed by atoms with E-state index in [-0.39, 0.29) is 35.6 Å². The molecular weight excluding hydrogens is 760 g/mol. The highest BCUT2D eigenvalue weighted by atomic mass is 32.2. The minimum Gasteiger partial charge on any atom is -0.481 e. The molecule has 16 heteroatoms. The molecule has 1 aliphatic carbocycles. The zero-order valence-corrected chi connectivity index (χ0v) is 34.4. The van der Waals surface area contributed by atoms with Crippen molar-refractivity contribution < 1.29 is 36.2 Å². The van der Waals surface area contributed by atoms with Crippen molar-refractivity contribution in [3.63, 3.8) is 0 Å². The molecule has 0 radical (unpaired) electrons. The van der Waals surface area contributed by atoms with Gasteiger partial charge < -0.3 is 20.1 Å². The van der Waals surface area contributed by atoms with Gasteiger partial charge in [-0.25, -0.2) is 8.42 Å². The molecule has 3 aromatic heterocycles. The molecule has 1 saturated carbocycles. The minimum absolute atomic E-state index is 0.0111. The number of nitrogens with zero attached hydrogens (tertiary/aromatic N) is 6. The smallest absolute Gasteiger partial charge is 0.452 e. The topological polar surface area (TPSA) is 142 Å². The molecule has 2 N–H and O–H groups in total. The monoisotopic (exact) mass is 811 g/mol. The van der Waals surface area contributed by atoms with Crippen LogP contribution in [0.2, 0.25) is 0 Å². The Balaban J connectivity index is 1.24. The fourth-order valence-corrected chi connectivity index (χ4v) is 9.95. The van der Waals surface area contributed by atoms with Gasteiger partial charge in [0.05, 0.1) is 12.0 Å².